The van der Waals surface area contributed by atoms with E-state index in [9.17, 15) is 24.6 Å². The van der Waals surface area contributed by atoms with Crippen LogP contribution in [0.1, 0.15) is 46.5 Å². The highest BCUT2D eigenvalue weighted by atomic mass is 19.1. The lowest BCUT2D eigenvalue weighted by atomic mass is 9.45. The number of carboxylic acid groups (broad SMARTS) is 1. The first-order valence-corrected chi connectivity index (χ1v) is 10.0. The summed E-state index contributed by atoms with van der Waals surface area (Å²) in [5, 5.41) is 20.4. The minimum absolute atomic E-state index is 0.0450. The van der Waals surface area contributed by atoms with Crippen LogP contribution in [0.15, 0.2) is 23.8 Å². The van der Waals surface area contributed by atoms with Gasteiger partial charge in [0.25, 0.3) is 0 Å². The SMILES string of the molecule is CC1C[C@H]2[C@@H]3CCC4=CC(=O)C=C[C@]4(C)[C@@]3(F)C(O)C[C@]2(C)[C@H]1C(=O)C(=O)O. The molecule has 6 heteroatoms. The molecule has 0 aromatic rings. The van der Waals surface area contributed by atoms with Gasteiger partial charge in [0.15, 0.2) is 11.5 Å². The molecule has 4 rings (SSSR count). The van der Waals surface area contributed by atoms with Gasteiger partial charge in [0.1, 0.15) is 0 Å². The van der Waals surface area contributed by atoms with Gasteiger partial charge in [-0.15, -0.1) is 0 Å². The number of alkyl halides is 1. The molecule has 0 radical (unpaired) electrons. The number of aliphatic hydroxyl groups excluding tert-OH is 1. The number of carbonyl (C=O) groups is 3. The molecule has 8 atom stereocenters. The molecule has 5 nitrogen and oxygen atoms in total. The molecule has 0 aromatic heterocycles. The first-order valence-electron chi connectivity index (χ1n) is 10.0. The summed E-state index contributed by atoms with van der Waals surface area (Å²) < 4.78 is 16.8. The van der Waals surface area contributed by atoms with Gasteiger partial charge < -0.3 is 10.2 Å². The van der Waals surface area contributed by atoms with Crippen LogP contribution in [0.3, 0.4) is 0 Å². The van der Waals surface area contributed by atoms with E-state index in [-0.39, 0.29) is 24.0 Å². The maximum Gasteiger partial charge on any atom is 0.372 e. The van der Waals surface area contributed by atoms with Crippen molar-refractivity contribution in [2.24, 2.45) is 34.5 Å². The maximum absolute atomic E-state index is 16.8. The smallest absolute Gasteiger partial charge is 0.372 e. The molecule has 152 valence electrons. The van der Waals surface area contributed by atoms with E-state index in [0.717, 1.165) is 0 Å². The second-order valence-corrected chi connectivity index (χ2v) is 9.71. The summed E-state index contributed by atoms with van der Waals surface area (Å²) in [6, 6.07) is 0. The van der Waals surface area contributed by atoms with Crippen LogP contribution in [0.4, 0.5) is 4.39 Å². The standard InChI is InChI=1S/C22H27FO5/c1-11-8-15-14-5-4-12-9-13(24)6-7-21(12,3)22(14,23)16(25)10-20(15,2)17(11)18(26)19(27)28/h6-7,9,11,14-17,25H,4-5,8,10H2,1-3H3,(H,27,28)/t11?,14-,15-,16?,17+,20-,21-,22-/m0/s1. The van der Waals surface area contributed by atoms with Crippen LogP contribution in [0.2, 0.25) is 0 Å². The lowest BCUT2D eigenvalue weighted by molar-refractivity contribution is -0.196. The van der Waals surface area contributed by atoms with E-state index >= 15 is 4.39 Å². The fourth-order valence-electron chi connectivity index (χ4n) is 7.27. The largest absolute Gasteiger partial charge is 0.475 e. The third-order valence-electron chi connectivity index (χ3n) is 8.47. The average Bonchev–Trinajstić information content (AvgIpc) is 2.86. The fraction of sp³-hybridized carbons (Fsp3) is 0.682. The predicted octanol–water partition coefficient (Wildman–Crippen LogP) is 2.87. The van der Waals surface area contributed by atoms with Crippen LogP contribution in [-0.4, -0.2) is 39.5 Å². The van der Waals surface area contributed by atoms with Crippen LogP contribution in [0.25, 0.3) is 0 Å². The summed E-state index contributed by atoms with van der Waals surface area (Å²) in [7, 11) is 0. The molecule has 4 aliphatic carbocycles. The summed E-state index contributed by atoms with van der Waals surface area (Å²) in [6.45, 7) is 5.46. The Morgan fingerprint density at radius 1 is 1.25 bits per heavy atom. The molecule has 2 N–H and O–H groups in total. The first-order chi connectivity index (χ1) is 13.0. The van der Waals surface area contributed by atoms with E-state index in [1.165, 1.54) is 12.2 Å². The van der Waals surface area contributed by atoms with Crippen molar-refractivity contribution in [2.45, 2.75) is 58.2 Å². The summed E-state index contributed by atoms with van der Waals surface area (Å²) in [4.78, 5) is 35.7. The molecule has 0 heterocycles. The second kappa shape index (κ2) is 5.85. The Morgan fingerprint density at radius 3 is 2.57 bits per heavy atom. The van der Waals surface area contributed by atoms with Crippen molar-refractivity contribution in [3.63, 3.8) is 0 Å². The predicted molar refractivity (Wildman–Crippen MR) is 99.0 cm³/mol. The number of aliphatic hydroxyl groups is 1. The van der Waals surface area contributed by atoms with Crippen LogP contribution < -0.4 is 0 Å². The third kappa shape index (κ3) is 2.18. The zero-order valence-corrected chi connectivity index (χ0v) is 16.4. The molecule has 0 aliphatic heterocycles. The molecule has 3 fully saturated rings. The molecule has 3 saturated carbocycles. The minimum atomic E-state index is -1.95. The van der Waals surface area contributed by atoms with Gasteiger partial charge in [-0.05, 0) is 62.0 Å². The number of carboxylic acids is 1. The van der Waals surface area contributed by atoms with Gasteiger partial charge in [0, 0.05) is 17.3 Å². The molecule has 2 unspecified atom stereocenters. The number of fused-ring (bicyclic) bond motifs is 5. The van der Waals surface area contributed by atoms with Gasteiger partial charge in [-0.3, -0.25) is 9.59 Å². The fourth-order valence-corrected chi connectivity index (χ4v) is 7.27. The Balaban J connectivity index is 1.80. The van der Waals surface area contributed by atoms with Crippen LogP contribution >= 0.6 is 0 Å². The molecule has 0 amide bonds. The zero-order valence-electron chi connectivity index (χ0n) is 16.4. The second-order valence-electron chi connectivity index (χ2n) is 9.71. The van der Waals surface area contributed by atoms with Gasteiger partial charge in [0.2, 0.25) is 5.78 Å². The Kier molecular flexibility index (Phi) is 4.07. The summed E-state index contributed by atoms with van der Waals surface area (Å²) in [5.41, 5.74) is -3.05. The van der Waals surface area contributed by atoms with Crippen LogP contribution in [0.5, 0.6) is 0 Å². The van der Waals surface area contributed by atoms with Gasteiger partial charge >= 0.3 is 5.97 Å². The van der Waals surface area contributed by atoms with Gasteiger partial charge in [-0.2, -0.15) is 0 Å². The van der Waals surface area contributed by atoms with Crippen molar-refractivity contribution in [1.29, 1.82) is 0 Å². The summed E-state index contributed by atoms with van der Waals surface area (Å²) in [6.07, 6.45) is 4.80. The van der Waals surface area contributed by atoms with Crippen molar-refractivity contribution < 1.29 is 29.0 Å². The van der Waals surface area contributed by atoms with Crippen LogP contribution in [0, 0.1) is 34.5 Å². The van der Waals surface area contributed by atoms with Crippen LogP contribution in [-0.2, 0) is 14.4 Å². The number of rotatable bonds is 2. The quantitative estimate of drug-likeness (QED) is 0.708. The van der Waals surface area contributed by atoms with Gasteiger partial charge in [-0.25, -0.2) is 9.18 Å². The number of aliphatic carboxylic acids is 1. The van der Waals surface area contributed by atoms with E-state index in [1.807, 2.05) is 13.8 Å². The summed E-state index contributed by atoms with van der Waals surface area (Å²) >= 11 is 0. The van der Waals surface area contributed by atoms with E-state index in [0.29, 0.717) is 24.8 Å². The minimum Gasteiger partial charge on any atom is -0.475 e. The first kappa shape index (κ1) is 19.5. The Hall–Kier alpha value is -1.82. The molecule has 0 spiro atoms. The van der Waals surface area contributed by atoms with Crippen molar-refractivity contribution >= 4 is 17.5 Å². The topological polar surface area (TPSA) is 91.7 Å². The highest BCUT2D eigenvalue weighted by Crippen LogP contribution is 2.69. The van der Waals surface area contributed by atoms with Crippen molar-refractivity contribution in [1.82, 2.24) is 0 Å². The monoisotopic (exact) mass is 390 g/mol. The zero-order chi connectivity index (χ0) is 20.6. The van der Waals surface area contributed by atoms with E-state index in [1.54, 1.807) is 13.0 Å². The lowest BCUT2D eigenvalue weighted by Crippen LogP contribution is -2.66. The number of allylic oxidation sites excluding steroid dienone is 4. The van der Waals surface area contributed by atoms with E-state index in [4.69, 9.17) is 0 Å². The molecule has 0 bridgehead atoms. The molecule has 4 aliphatic rings. The average molecular weight is 390 g/mol. The Morgan fingerprint density at radius 2 is 1.93 bits per heavy atom. The van der Waals surface area contributed by atoms with Crippen molar-refractivity contribution in [2.75, 3.05) is 0 Å². The molecule has 28 heavy (non-hydrogen) atoms. The Labute approximate surface area is 163 Å². The number of hydrogen-bond acceptors (Lipinski definition) is 4. The van der Waals surface area contributed by atoms with E-state index < -0.39 is 46.2 Å². The normalized spacial score (nSPS) is 49.7. The lowest BCUT2D eigenvalue weighted by Gasteiger charge is -2.61. The summed E-state index contributed by atoms with van der Waals surface area (Å²) in [5.74, 6) is -4.03. The highest BCUT2D eigenvalue weighted by molar-refractivity contribution is 6.33. The molecular formula is C22H27FO5. The molecule has 0 aromatic carbocycles. The van der Waals surface area contributed by atoms with E-state index in [2.05, 4.69) is 0 Å². The molecular weight excluding hydrogens is 363 g/mol. The van der Waals surface area contributed by atoms with Gasteiger partial charge in [-0.1, -0.05) is 25.5 Å². The van der Waals surface area contributed by atoms with Gasteiger partial charge in [0.05, 0.1) is 6.10 Å². The number of carbonyl (C=O) groups excluding carboxylic acids is 2. The highest BCUT2D eigenvalue weighted by Gasteiger charge is 2.72. The number of hydrogen-bond donors (Lipinski definition) is 2. The number of ketones is 2. The van der Waals surface area contributed by atoms with Crippen molar-refractivity contribution in [3.05, 3.63) is 23.8 Å². The van der Waals surface area contributed by atoms with Crippen molar-refractivity contribution in [3.8, 4) is 0 Å². The number of halogens is 1. The Bertz CT molecular complexity index is 831. The molecule has 0 saturated heterocycles. The maximum atomic E-state index is 16.8. The number of Topliss-reactive ketones (excluding diaryl/α,β-unsaturated/α-hetero) is 1. The third-order valence-corrected chi connectivity index (χ3v) is 8.47.